The van der Waals surface area contributed by atoms with Crippen molar-refractivity contribution in [3.63, 3.8) is 0 Å². The van der Waals surface area contributed by atoms with Crippen molar-refractivity contribution in [3.05, 3.63) is 23.2 Å². The number of carbonyl (C=O) groups excluding carboxylic acids is 1. The lowest BCUT2D eigenvalue weighted by Gasteiger charge is -2.34. The molecule has 6 nitrogen and oxygen atoms in total. The highest BCUT2D eigenvalue weighted by atomic mass is 16.1. The molecule has 6 heteroatoms. The lowest BCUT2D eigenvalue weighted by atomic mass is 9.95. The number of hydrogen-bond donors (Lipinski definition) is 4. The molecule has 0 aromatic rings. The first-order valence-corrected chi connectivity index (χ1v) is 7.60. The first-order chi connectivity index (χ1) is 9.85. The van der Waals surface area contributed by atoms with Gasteiger partial charge in [-0.25, -0.2) is 0 Å². The minimum absolute atomic E-state index is 0.286. The van der Waals surface area contributed by atoms with Gasteiger partial charge >= 0.3 is 0 Å². The Morgan fingerprint density at radius 1 is 1.48 bits per heavy atom. The minimum Gasteiger partial charge on any atom is -0.402 e. The standard InChI is InChI=1S/C15H29N5O/c1-4-12-6-5-7-20(9-12)14(18)13(8-10(2)16)15(21)19-11(3)17/h8,11-12H,4-7,9,16-18H2,1-3H3,(H,19,21)/b10-8-,14-13-. The van der Waals surface area contributed by atoms with Gasteiger partial charge in [-0.1, -0.05) is 13.3 Å². The van der Waals surface area contributed by atoms with Crippen LogP contribution < -0.4 is 22.5 Å². The Labute approximate surface area is 127 Å². The van der Waals surface area contributed by atoms with Gasteiger partial charge in [0.15, 0.2) is 0 Å². The molecule has 2 atom stereocenters. The summed E-state index contributed by atoms with van der Waals surface area (Å²) in [4.78, 5) is 14.3. The number of likely N-dealkylation sites (tertiary alicyclic amines) is 1. The van der Waals surface area contributed by atoms with Crippen LogP contribution in [0.1, 0.15) is 40.0 Å². The van der Waals surface area contributed by atoms with Gasteiger partial charge in [0.1, 0.15) is 5.82 Å². The van der Waals surface area contributed by atoms with Gasteiger partial charge in [0.05, 0.1) is 11.7 Å². The molecule has 0 saturated carbocycles. The summed E-state index contributed by atoms with van der Waals surface area (Å²) in [5.41, 5.74) is 18.5. The molecule has 1 fully saturated rings. The molecule has 1 amide bonds. The summed E-state index contributed by atoms with van der Waals surface area (Å²) in [6, 6.07) is 0. The molecule has 1 heterocycles. The third-order valence-corrected chi connectivity index (χ3v) is 3.69. The SMILES string of the molecule is CCC1CCCN(/C(N)=C(/C=C(/C)N)C(=O)NC(C)N)C1. The first-order valence-electron chi connectivity index (χ1n) is 7.60. The van der Waals surface area contributed by atoms with Crippen LogP contribution in [0.2, 0.25) is 0 Å². The van der Waals surface area contributed by atoms with E-state index in [4.69, 9.17) is 17.2 Å². The van der Waals surface area contributed by atoms with E-state index in [1.165, 1.54) is 6.42 Å². The van der Waals surface area contributed by atoms with E-state index in [1.807, 2.05) is 0 Å². The molecule has 0 spiro atoms. The van der Waals surface area contributed by atoms with Crippen molar-refractivity contribution >= 4 is 5.91 Å². The van der Waals surface area contributed by atoms with Gasteiger partial charge < -0.3 is 27.4 Å². The van der Waals surface area contributed by atoms with Crippen LogP contribution in [0.4, 0.5) is 0 Å². The van der Waals surface area contributed by atoms with E-state index < -0.39 is 6.17 Å². The monoisotopic (exact) mass is 295 g/mol. The summed E-state index contributed by atoms with van der Waals surface area (Å²) in [5.74, 6) is 0.819. The molecule has 0 radical (unpaired) electrons. The van der Waals surface area contributed by atoms with Gasteiger partial charge in [-0.3, -0.25) is 4.79 Å². The number of amides is 1. The first kappa shape index (κ1) is 17.4. The summed E-state index contributed by atoms with van der Waals surface area (Å²) in [6.07, 6.45) is 4.61. The maximum Gasteiger partial charge on any atom is 0.256 e. The summed E-state index contributed by atoms with van der Waals surface area (Å²) >= 11 is 0. The highest BCUT2D eigenvalue weighted by Crippen LogP contribution is 2.22. The van der Waals surface area contributed by atoms with Crippen molar-refractivity contribution < 1.29 is 4.79 Å². The van der Waals surface area contributed by atoms with Crippen molar-refractivity contribution in [1.82, 2.24) is 10.2 Å². The van der Waals surface area contributed by atoms with Gasteiger partial charge in [0, 0.05) is 18.8 Å². The molecular weight excluding hydrogens is 266 g/mol. The number of rotatable bonds is 5. The summed E-state index contributed by atoms with van der Waals surface area (Å²) in [7, 11) is 0. The Kier molecular flexibility index (Phi) is 6.55. The lowest BCUT2D eigenvalue weighted by Crippen LogP contribution is -2.43. The molecule has 1 aliphatic heterocycles. The second kappa shape index (κ2) is 7.93. The van der Waals surface area contributed by atoms with Gasteiger partial charge in [-0.05, 0) is 38.7 Å². The van der Waals surface area contributed by atoms with Crippen LogP contribution in [0.5, 0.6) is 0 Å². The third kappa shape index (κ3) is 5.30. The van der Waals surface area contributed by atoms with Crippen LogP contribution in [0.3, 0.4) is 0 Å². The van der Waals surface area contributed by atoms with Gasteiger partial charge in [-0.2, -0.15) is 0 Å². The second-order valence-electron chi connectivity index (χ2n) is 5.81. The third-order valence-electron chi connectivity index (χ3n) is 3.69. The predicted octanol–water partition coefficient (Wildman–Crippen LogP) is 0.562. The molecule has 0 aromatic heterocycles. The van der Waals surface area contributed by atoms with Crippen molar-refractivity contribution in [1.29, 1.82) is 0 Å². The number of hydrogen-bond acceptors (Lipinski definition) is 5. The topological polar surface area (TPSA) is 110 Å². The zero-order valence-corrected chi connectivity index (χ0v) is 13.4. The van der Waals surface area contributed by atoms with Crippen molar-refractivity contribution in [2.45, 2.75) is 46.2 Å². The number of carbonyl (C=O) groups is 1. The maximum atomic E-state index is 12.3. The predicted molar refractivity (Wildman–Crippen MR) is 85.5 cm³/mol. The van der Waals surface area contributed by atoms with Crippen molar-refractivity contribution in [2.24, 2.45) is 23.1 Å². The fourth-order valence-electron chi connectivity index (χ4n) is 2.56. The van der Waals surface area contributed by atoms with Crippen molar-refractivity contribution in [2.75, 3.05) is 13.1 Å². The van der Waals surface area contributed by atoms with Crippen LogP contribution in [-0.4, -0.2) is 30.1 Å². The summed E-state index contributed by atoms with van der Waals surface area (Å²) < 4.78 is 0. The lowest BCUT2D eigenvalue weighted by molar-refractivity contribution is -0.117. The summed E-state index contributed by atoms with van der Waals surface area (Å²) in [5, 5.41) is 2.67. The largest absolute Gasteiger partial charge is 0.402 e. The van der Waals surface area contributed by atoms with Crippen LogP contribution in [0, 0.1) is 5.92 Å². The van der Waals surface area contributed by atoms with E-state index in [9.17, 15) is 4.79 Å². The fraction of sp³-hybridized carbons (Fsp3) is 0.667. The fourth-order valence-corrected chi connectivity index (χ4v) is 2.56. The molecule has 0 aliphatic carbocycles. The average molecular weight is 295 g/mol. The van der Waals surface area contributed by atoms with E-state index in [-0.39, 0.29) is 5.91 Å². The quantitative estimate of drug-likeness (QED) is 0.336. The number of nitrogens with zero attached hydrogens (tertiary/aromatic N) is 1. The normalized spacial score (nSPS) is 22.6. The molecule has 2 unspecified atom stereocenters. The Bertz CT molecular complexity index is 424. The molecule has 0 bridgehead atoms. The Morgan fingerprint density at radius 3 is 2.67 bits per heavy atom. The van der Waals surface area contributed by atoms with E-state index in [0.717, 1.165) is 25.9 Å². The molecular formula is C15H29N5O. The van der Waals surface area contributed by atoms with Crippen LogP contribution in [0.15, 0.2) is 23.2 Å². The molecule has 120 valence electrons. The Hall–Kier alpha value is -1.69. The highest BCUT2D eigenvalue weighted by molar-refractivity contribution is 5.97. The van der Waals surface area contributed by atoms with Crippen LogP contribution in [-0.2, 0) is 4.79 Å². The molecule has 0 aromatic carbocycles. The van der Waals surface area contributed by atoms with Crippen LogP contribution >= 0.6 is 0 Å². The van der Waals surface area contributed by atoms with Gasteiger partial charge in [-0.15, -0.1) is 0 Å². The molecule has 1 aliphatic rings. The highest BCUT2D eigenvalue weighted by Gasteiger charge is 2.23. The minimum atomic E-state index is -0.434. The van der Waals surface area contributed by atoms with E-state index >= 15 is 0 Å². The number of nitrogens with one attached hydrogen (secondary N) is 1. The average Bonchev–Trinajstić information content (AvgIpc) is 2.43. The maximum absolute atomic E-state index is 12.3. The molecule has 1 rings (SSSR count). The van der Waals surface area contributed by atoms with Crippen molar-refractivity contribution in [3.8, 4) is 0 Å². The van der Waals surface area contributed by atoms with E-state index in [0.29, 0.717) is 23.0 Å². The molecule has 21 heavy (non-hydrogen) atoms. The molecule has 7 N–H and O–H groups in total. The van der Waals surface area contributed by atoms with Gasteiger partial charge in [0.2, 0.25) is 0 Å². The van der Waals surface area contributed by atoms with E-state index in [2.05, 4.69) is 17.1 Å². The number of allylic oxidation sites excluding steroid dienone is 1. The Balaban J connectivity index is 3.02. The number of nitrogens with two attached hydrogens (primary N) is 3. The zero-order valence-electron chi connectivity index (χ0n) is 13.4. The second-order valence-corrected chi connectivity index (χ2v) is 5.81. The Morgan fingerprint density at radius 2 is 2.14 bits per heavy atom. The summed E-state index contributed by atoms with van der Waals surface area (Å²) in [6.45, 7) is 7.38. The van der Waals surface area contributed by atoms with Crippen LogP contribution in [0.25, 0.3) is 0 Å². The zero-order chi connectivity index (χ0) is 16.0. The molecule has 1 saturated heterocycles. The van der Waals surface area contributed by atoms with Gasteiger partial charge in [0.25, 0.3) is 5.91 Å². The smallest absolute Gasteiger partial charge is 0.256 e. The number of piperidine rings is 1. The van der Waals surface area contributed by atoms with E-state index in [1.54, 1.807) is 19.9 Å².